The zero-order valence-corrected chi connectivity index (χ0v) is 17.1. The van der Waals surface area contributed by atoms with E-state index in [1.54, 1.807) is 16.8 Å². The first kappa shape index (κ1) is 20.1. The van der Waals surface area contributed by atoms with Crippen molar-refractivity contribution in [3.05, 3.63) is 65.7 Å². The summed E-state index contributed by atoms with van der Waals surface area (Å²) in [5.74, 6) is -0.306. The van der Waals surface area contributed by atoms with Crippen LogP contribution in [0, 0.1) is 0 Å². The summed E-state index contributed by atoms with van der Waals surface area (Å²) in [6, 6.07) is 17.2. The lowest BCUT2D eigenvalue weighted by atomic mass is 9.86. The van der Waals surface area contributed by atoms with Gasteiger partial charge in [-0.3, -0.25) is 9.59 Å². The van der Waals surface area contributed by atoms with Gasteiger partial charge in [0, 0.05) is 24.2 Å². The van der Waals surface area contributed by atoms with Crippen LogP contribution in [0.15, 0.2) is 54.6 Å². The van der Waals surface area contributed by atoms with Gasteiger partial charge < -0.3 is 15.5 Å². The largest absolute Gasteiger partial charge is 0.339 e. The SMILES string of the molecule is CN(C(=O)CN1C(=O)[C@H](N)C[C@H](c2ccccc2)c2ccccc21)C(C)(C)C. The number of fused-ring (bicyclic) bond motifs is 1. The summed E-state index contributed by atoms with van der Waals surface area (Å²) in [6.07, 6.45) is 0.514. The number of carbonyl (C=O) groups is 2. The van der Waals surface area contributed by atoms with Gasteiger partial charge in [0.15, 0.2) is 0 Å². The van der Waals surface area contributed by atoms with Crippen molar-refractivity contribution in [2.75, 3.05) is 18.5 Å². The lowest BCUT2D eigenvalue weighted by molar-refractivity contribution is -0.134. The number of carbonyl (C=O) groups excluding carboxylic acids is 2. The van der Waals surface area contributed by atoms with E-state index in [4.69, 9.17) is 5.73 Å². The monoisotopic (exact) mass is 379 g/mol. The third-order valence-electron chi connectivity index (χ3n) is 5.55. The average Bonchev–Trinajstić information content (AvgIpc) is 2.78. The van der Waals surface area contributed by atoms with Crippen molar-refractivity contribution in [3.63, 3.8) is 0 Å². The third-order valence-corrected chi connectivity index (χ3v) is 5.55. The van der Waals surface area contributed by atoms with Crippen molar-refractivity contribution in [2.24, 2.45) is 5.73 Å². The van der Waals surface area contributed by atoms with Crippen LogP contribution in [-0.2, 0) is 9.59 Å². The Bertz CT molecular complexity index is 858. The average molecular weight is 380 g/mol. The highest BCUT2D eigenvalue weighted by molar-refractivity contribution is 6.03. The fourth-order valence-electron chi connectivity index (χ4n) is 3.61. The highest BCUT2D eigenvalue weighted by Gasteiger charge is 2.35. The second-order valence-corrected chi connectivity index (χ2v) is 8.41. The Morgan fingerprint density at radius 3 is 2.36 bits per heavy atom. The molecule has 3 rings (SSSR count). The Morgan fingerprint density at radius 2 is 1.71 bits per heavy atom. The molecular formula is C23H29N3O2. The summed E-state index contributed by atoms with van der Waals surface area (Å²) in [4.78, 5) is 29.2. The molecule has 0 aliphatic carbocycles. The van der Waals surface area contributed by atoms with Crippen molar-refractivity contribution in [2.45, 2.75) is 44.7 Å². The smallest absolute Gasteiger partial charge is 0.244 e. The van der Waals surface area contributed by atoms with E-state index in [-0.39, 0.29) is 29.8 Å². The van der Waals surface area contributed by atoms with Crippen LogP contribution in [0.5, 0.6) is 0 Å². The zero-order chi connectivity index (χ0) is 20.5. The maximum atomic E-state index is 13.1. The quantitative estimate of drug-likeness (QED) is 0.891. The molecule has 0 unspecified atom stereocenters. The van der Waals surface area contributed by atoms with Crippen LogP contribution in [-0.4, -0.2) is 41.9 Å². The lowest BCUT2D eigenvalue weighted by Gasteiger charge is -2.34. The number of hydrogen-bond acceptors (Lipinski definition) is 3. The molecule has 0 aromatic heterocycles. The number of rotatable bonds is 3. The van der Waals surface area contributed by atoms with Gasteiger partial charge in [-0.1, -0.05) is 48.5 Å². The second-order valence-electron chi connectivity index (χ2n) is 8.41. The number of nitrogens with two attached hydrogens (primary N) is 1. The van der Waals surface area contributed by atoms with E-state index >= 15 is 0 Å². The molecule has 0 fully saturated rings. The normalized spacial score (nSPS) is 19.8. The van der Waals surface area contributed by atoms with E-state index in [1.807, 2.05) is 63.2 Å². The van der Waals surface area contributed by atoms with Crippen LogP contribution in [0.4, 0.5) is 5.69 Å². The number of benzene rings is 2. The molecule has 2 atom stereocenters. The van der Waals surface area contributed by atoms with Crippen molar-refractivity contribution in [3.8, 4) is 0 Å². The van der Waals surface area contributed by atoms with E-state index in [2.05, 4.69) is 12.1 Å². The molecule has 148 valence electrons. The number of hydrogen-bond donors (Lipinski definition) is 1. The van der Waals surface area contributed by atoms with Gasteiger partial charge in [-0.05, 0) is 44.4 Å². The Balaban J connectivity index is 2.02. The Morgan fingerprint density at radius 1 is 1.11 bits per heavy atom. The second kappa shape index (κ2) is 7.76. The highest BCUT2D eigenvalue weighted by atomic mass is 16.2. The van der Waals surface area contributed by atoms with Crippen molar-refractivity contribution in [1.29, 1.82) is 0 Å². The Hall–Kier alpha value is -2.66. The molecule has 0 saturated heterocycles. The third kappa shape index (κ3) is 3.94. The van der Waals surface area contributed by atoms with Crippen LogP contribution in [0.3, 0.4) is 0 Å². The molecular weight excluding hydrogens is 350 g/mol. The summed E-state index contributed by atoms with van der Waals surface area (Å²) < 4.78 is 0. The van der Waals surface area contributed by atoms with E-state index in [1.165, 1.54) is 0 Å². The van der Waals surface area contributed by atoms with Crippen LogP contribution in [0.2, 0.25) is 0 Å². The van der Waals surface area contributed by atoms with Gasteiger partial charge in [0.05, 0.1) is 6.04 Å². The maximum absolute atomic E-state index is 13.1. The van der Waals surface area contributed by atoms with E-state index in [0.717, 1.165) is 16.8 Å². The standard InChI is InChI=1S/C23H29N3O2/c1-23(2,3)25(4)21(27)15-26-20-13-9-8-12-17(20)18(14-19(24)22(26)28)16-10-6-5-7-11-16/h5-13,18-19H,14-15,24H2,1-4H3/t18-,19-/m1/s1. The summed E-state index contributed by atoms with van der Waals surface area (Å²) in [5, 5.41) is 0. The molecule has 0 saturated carbocycles. The van der Waals surface area contributed by atoms with Crippen molar-refractivity contribution < 1.29 is 9.59 Å². The summed E-state index contributed by atoms with van der Waals surface area (Å²) in [7, 11) is 1.77. The van der Waals surface area contributed by atoms with Gasteiger partial charge in [-0.25, -0.2) is 0 Å². The van der Waals surface area contributed by atoms with Crippen LogP contribution in [0.25, 0.3) is 0 Å². The van der Waals surface area contributed by atoms with Crippen LogP contribution < -0.4 is 10.6 Å². The minimum atomic E-state index is -0.662. The van der Waals surface area contributed by atoms with Crippen LogP contribution >= 0.6 is 0 Å². The minimum absolute atomic E-state index is 0.0109. The topological polar surface area (TPSA) is 66.6 Å². The first-order valence-electron chi connectivity index (χ1n) is 9.67. The van der Waals surface area contributed by atoms with E-state index in [0.29, 0.717) is 6.42 Å². The molecule has 5 heteroatoms. The molecule has 2 aromatic carbocycles. The van der Waals surface area contributed by atoms with Crippen LogP contribution in [0.1, 0.15) is 44.2 Å². The number of likely N-dealkylation sites (N-methyl/N-ethyl adjacent to an activating group) is 1. The molecule has 2 aromatic rings. The number of amides is 2. The van der Waals surface area contributed by atoms with Gasteiger partial charge in [-0.2, -0.15) is 0 Å². The molecule has 1 aliphatic rings. The van der Waals surface area contributed by atoms with Gasteiger partial charge in [0.1, 0.15) is 6.54 Å². The molecule has 0 bridgehead atoms. The number of nitrogens with zero attached hydrogens (tertiary/aromatic N) is 2. The number of anilines is 1. The molecule has 0 radical (unpaired) electrons. The van der Waals surface area contributed by atoms with Crippen molar-refractivity contribution >= 4 is 17.5 Å². The van der Waals surface area contributed by atoms with Gasteiger partial charge in [0.25, 0.3) is 0 Å². The summed E-state index contributed by atoms with van der Waals surface area (Å²) >= 11 is 0. The molecule has 28 heavy (non-hydrogen) atoms. The fourth-order valence-corrected chi connectivity index (χ4v) is 3.61. The maximum Gasteiger partial charge on any atom is 0.244 e. The van der Waals surface area contributed by atoms with E-state index in [9.17, 15) is 9.59 Å². The molecule has 1 aliphatic heterocycles. The predicted octanol–water partition coefficient (Wildman–Crippen LogP) is 3.14. The fraction of sp³-hybridized carbons (Fsp3) is 0.391. The minimum Gasteiger partial charge on any atom is -0.339 e. The summed E-state index contributed by atoms with van der Waals surface area (Å²) in [6.45, 7) is 5.90. The Labute approximate surface area is 167 Å². The van der Waals surface area contributed by atoms with Gasteiger partial charge in [0.2, 0.25) is 11.8 Å². The molecule has 2 amide bonds. The van der Waals surface area contributed by atoms with E-state index < -0.39 is 6.04 Å². The van der Waals surface area contributed by atoms with Crippen molar-refractivity contribution in [1.82, 2.24) is 4.90 Å². The summed E-state index contributed by atoms with van der Waals surface area (Å²) in [5.41, 5.74) is 8.90. The zero-order valence-electron chi connectivity index (χ0n) is 17.1. The van der Waals surface area contributed by atoms with Gasteiger partial charge in [-0.15, -0.1) is 0 Å². The molecule has 0 spiro atoms. The first-order chi connectivity index (χ1) is 13.2. The molecule has 5 nitrogen and oxygen atoms in total. The molecule has 1 heterocycles. The lowest BCUT2D eigenvalue weighted by Crippen LogP contribution is -2.51. The first-order valence-corrected chi connectivity index (χ1v) is 9.67. The Kier molecular flexibility index (Phi) is 5.57. The van der Waals surface area contributed by atoms with Gasteiger partial charge >= 0.3 is 0 Å². The highest BCUT2D eigenvalue weighted by Crippen LogP contribution is 2.38. The predicted molar refractivity (Wildman–Crippen MR) is 112 cm³/mol. The number of para-hydroxylation sites is 1. The molecule has 2 N–H and O–H groups in total.